The summed E-state index contributed by atoms with van der Waals surface area (Å²) >= 11 is 5.75. The summed E-state index contributed by atoms with van der Waals surface area (Å²) < 4.78 is 56.0. The van der Waals surface area contributed by atoms with E-state index in [9.17, 15) is 16.8 Å². The van der Waals surface area contributed by atoms with Gasteiger partial charge in [-0.05, 0) is 32.0 Å². The lowest BCUT2D eigenvalue weighted by molar-refractivity contribution is 0.337. The average Bonchev–Trinajstić information content (AvgIpc) is 2.28. The van der Waals surface area contributed by atoms with E-state index in [1.165, 1.54) is 19.9 Å². The van der Waals surface area contributed by atoms with E-state index in [1.54, 1.807) is 0 Å². The highest BCUT2D eigenvalue weighted by atomic mass is 35.5. The first-order valence-electron chi connectivity index (χ1n) is 5.33. The Morgan fingerprint density at radius 1 is 1.00 bits per heavy atom. The predicted molar refractivity (Wildman–Crippen MR) is 69.1 cm³/mol. The van der Waals surface area contributed by atoms with Crippen LogP contribution >= 0.6 is 11.6 Å². The van der Waals surface area contributed by atoms with Crippen LogP contribution < -0.4 is 0 Å². The molecule has 108 valence electrons. The van der Waals surface area contributed by atoms with Gasteiger partial charge in [-0.2, -0.15) is 16.8 Å². The molecule has 0 unspecified atom stereocenters. The molecule has 0 atom stereocenters. The van der Waals surface area contributed by atoms with Gasteiger partial charge >= 0.3 is 0 Å². The summed E-state index contributed by atoms with van der Waals surface area (Å²) in [5.74, 6) is 0. The Balaban J connectivity index is 3.38. The molecular weight excluding hydrogens is 316 g/mol. The van der Waals surface area contributed by atoms with E-state index in [1.807, 2.05) is 0 Å². The first kappa shape index (κ1) is 16.4. The zero-order valence-corrected chi connectivity index (χ0v) is 12.7. The first-order valence-corrected chi connectivity index (χ1v) is 8.52. The summed E-state index contributed by atoms with van der Waals surface area (Å²) in [7, 11) is -8.09. The minimum atomic E-state index is -4.09. The highest BCUT2D eigenvalue weighted by Crippen LogP contribution is 2.26. The third-order valence-electron chi connectivity index (χ3n) is 2.01. The maximum absolute atomic E-state index is 11.7. The largest absolute Gasteiger partial charge is 0.298 e. The number of hydrogen-bond acceptors (Lipinski definition) is 6. The Bertz CT molecular complexity index is 651. The van der Waals surface area contributed by atoms with Crippen LogP contribution in [0, 0.1) is 0 Å². The van der Waals surface area contributed by atoms with Gasteiger partial charge in [-0.1, -0.05) is 11.6 Å². The third-order valence-corrected chi connectivity index (χ3v) is 5.25. The van der Waals surface area contributed by atoms with Crippen LogP contribution in [0.2, 0.25) is 5.02 Å². The van der Waals surface area contributed by atoms with Crippen molar-refractivity contribution in [3.63, 3.8) is 0 Å². The van der Waals surface area contributed by atoms with Crippen LogP contribution in [0.1, 0.15) is 13.8 Å². The van der Waals surface area contributed by atoms with E-state index in [4.69, 9.17) is 11.6 Å². The molecule has 0 N–H and O–H groups in total. The van der Waals surface area contributed by atoms with Crippen LogP contribution in [0.25, 0.3) is 0 Å². The van der Waals surface area contributed by atoms with Crippen molar-refractivity contribution in [2.75, 3.05) is 13.2 Å². The lowest BCUT2D eigenvalue weighted by Crippen LogP contribution is -2.10. The van der Waals surface area contributed by atoms with Gasteiger partial charge in [0, 0.05) is 0 Å². The molecule has 0 radical (unpaired) electrons. The topological polar surface area (TPSA) is 86.7 Å². The van der Waals surface area contributed by atoms with Crippen LogP contribution in [0.4, 0.5) is 0 Å². The van der Waals surface area contributed by atoms with E-state index in [2.05, 4.69) is 8.37 Å². The molecule has 19 heavy (non-hydrogen) atoms. The molecular formula is C10H13ClO6S2. The normalized spacial score (nSPS) is 12.6. The van der Waals surface area contributed by atoms with Crippen LogP contribution in [-0.2, 0) is 28.6 Å². The summed E-state index contributed by atoms with van der Waals surface area (Å²) in [6.07, 6.45) is 0. The highest BCUT2D eigenvalue weighted by Gasteiger charge is 2.23. The third kappa shape index (κ3) is 3.90. The van der Waals surface area contributed by atoms with Crippen LogP contribution in [0.3, 0.4) is 0 Å². The van der Waals surface area contributed by atoms with Gasteiger partial charge in [0.1, 0.15) is 4.90 Å². The summed E-state index contributed by atoms with van der Waals surface area (Å²) in [6, 6.07) is 3.25. The number of halogens is 1. The minimum absolute atomic E-state index is 0.0570. The molecule has 0 bridgehead atoms. The van der Waals surface area contributed by atoms with Gasteiger partial charge in [0.2, 0.25) is 0 Å². The highest BCUT2D eigenvalue weighted by molar-refractivity contribution is 7.87. The lowest BCUT2D eigenvalue weighted by Gasteiger charge is -2.08. The molecule has 0 aromatic heterocycles. The molecule has 1 aromatic rings. The quantitative estimate of drug-likeness (QED) is 0.740. The molecule has 0 amide bonds. The Labute approximate surface area is 117 Å². The molecule has 0 saturated carbocycles. The first-order chi connectivity index (χ1) is 8.74. The molecule has 0 heterocycles. The van der Waals surface area contributed by atoms with Crippen molar-refractivity contribution in [2.45, 2.75) is 23.6 Å². The predicted octanol–water partition coefficient (Wildman–Crippen LogP) is 1.79. The number of rotatable bonds is 6. The molecule has 0 fully saturated rings. The van der Waals surface area contributed by atoms with Gasteiger partial charge in [0.05, 0.1) is 23.1 Å². The average molecular weight is 329 g/mol. The van der Waals surface area contributed by atoms with Gasteiger partial charge in [0.25, 0.3) is 20.2 Å². The standard InChI is InChI=1S/C10H13ClO6S2/c1-3-16-18(12,13)8-5-6-9(11)10(7-8)19(14,15)17-4-2/h5-7H,3-4H2,1-2H3. The van der Waals surface area contributed by atoms with Crippen molar-refractivity contribution in [1.29, 1.82) is 0 Å². The molecule has 6 nitrogen and oxygen atoms in total. The molecule has 0 aliphatic rings. The monoisotopic (exact) mass is 328 g/mol. The Morgan fingerprint density at radius 2 is 1.53 bits per heavy atom. The second kappa shape index (κ2) is 6.19. The van der Waals surface area contributed by atoms with Gasteiger partial charge in [0.15, 0.2) is 0 Å². The van der Waals surface area contributed by atoms with Crippen molar-refractivity contribution < 1.29 is 25.2 Å². The zero-order valence-electron chi connectivity index (χ0n) is 10.3. The smallest absolute Gasteiger partial charge is 0.267 e. The van der Waals surface area contributed by atoms with Gasteiger partial charge in [-0.3, -0.25) is 8.37 Å². The number of benzene rings is 1. The van der Waals surface area contributed by atoms with Gasteiger partial charge in [-0.25, -0.2) is 0 Å². The Morgan fingerprint density at radius 3 is 2.05 bits per heavy atom. The van der Waals surface area contributed by atoms with Crippen LogP contribution in [0.5, 0.6) is 0 Å². The van der Waals surface area contributed by atoms with Crippen molar-refractivity contribution in [1.82, 2.24) is 0 Å². The van der Waals surface area contributed by atoms with E-state index >= 15 is 0 Å². The maximum atomic E-state index is 11.7. The fourth-order valence-corrected chi connectivity index (χ4v) is 3.71. The fraction of sp³-hybridized carbons (Fsp3) is 0.400. The fourth-order valence-electron chi connectivity index (χ4n) is 1.27. The molecule has 0 saturated heterocycles. The lowest BCUT2D eigenvalue weighted by atomic mass is 10.4. The Kier molecular flexibility index (Phi) is 5.34. The molecule has 1 aromatic carbocycles. The summed E-state index contributed by atoms with van der Waals surface area (Å²) in [5, 5.41) is -0.121. The molecule has 9 heteroatoms. The van der Waals surface area contributed by atoms with Crippen molar-refractivity contribution >= 4 is 31.8 Å². The summed E-state index contributed by atoms with van der Waals surface area (Å²) in [4.78, 5) is -0.700. The molecule has 0 aliphatic heterocycles. The van der Waals surface area contributed by atoms with Crippen molar-refractivity contribution in [3.8, 4) is 0 Å². The van der Waals surface area contributed by atoms with Crippen molar-refractivity contribution in [2.24, 2.45) is 0 Å². The van der Waals surface area contributed by atoms with Crippen LogP contribution in [-0.4, -0.2) is 30.0 Å². The van der Waals surface area contributed by atoms with E-state index in [0.29, 0.717) is 0 Å². The second-order valence-corrected chi connectivity index (χ2v) is 6.92. The summed E-state index contributed by atoms with van der Waals surface area (Å²) in [5.41, 5.74) is 0. The molecule has 1 rings (SSSR count). The zero-order chi connectivity index (χ0) is 14.7. The van der Waals surface area contributed by atoms with E-state index < -0.39 is 25.1 Å². The van der Waals surface area contributed by atoms with Gasteiger partial charge in [-0.15, -0.1) is 0 Å². The van der Waals surface area contributed by atoms with E-state index in [-0.39, 0.29) is 23.1 Å². The van der Waals surface area contributed by atoms with E-state index in [0.717, 1.165) is 12.1 Å². The second-order valence-electron chi connectivity index (χ2n) is 3.31. The minimum Gasteiger partial charge on any atom is -0.267 e. The molecule has 0 spiro atoms. The Hall–Kier alpha value is -0.670. The van der Waals surface area contributed by atoms with Crippen LogP contribution in [0.15, 0.2) is 28.0 Å². The summed E-state index contributed by atoms with van der Waals surface area (Å²) in [6.45, 7) is 2.86. The number of hydrogen-bond donors (Lipinski definition) is 0. The SMILES string of the molecule is CCOS(=O)(=O)c1ccc(Cl)c(S(=O)(=O)OCC)c1. The molecule has 0 aliphatic carbocycles. The van der Waals surface area contributed by atoms with Gasteiger partial charge < -0.3 is 0 Å². The maximum Gasteiger partial charge on any atom is 0.298 e. The van der Waals surface area contributed by atoms with Crippen molar-refractivity contribution in [3.05, 3.63) is 23.2 Å².